The summed E-state index contributed by atoms with van der Waals surface area (Å²) in [6, 6.07) is 10.7. The van der Waals surface area contributed by atoms with E-state index < -0.39 is 0 Å². The molecule has 1 unspecified atom stereocenters. The monoisotopic (exact) mass is 470 g/mol. The van der Waals surface area contributed by atoms with Crippen LogP contribution in [0, 0.1) is 0 Å². The SMILES string of the molecule is CN1CCCC1CCNC(=O)CN1CCN(C(=O)c2csc(NCc3ccccc3)n2)CC1. The third-order valence-corrected chi connectivity index (χ3v) is 7.31. The Balaban J connectivity index is 1.15. The third-order valence-electron chi connectivity index (χ3n) is 6.51. The molecule has 2 fully saturated rings. The summed E-state index contributed by atoms with van der Waals surface area (Å²) < 4.78 is 0. The van der Waals surface area contributed by atoms with Crippen molar-refractivity contribution in [2.75, 3.05) is 58.2 Å². The zero-order valence-electron chi connectivity index (χ0n) is 19.3. The molecule has 2 N–H and O–H groups in total. The van der Waals surface area contributed by atoms with Gasteiger partial charge in [0.25, 0.3) is 5.91 Å². The number of nitrogens with zero attached hydrogens (tertiary/aromatic N) is 4. The molecular formula is C24H34N6O2S. The number of nitrogens with one attached hydrogen (secondary N) is 2. The van der Waals surface area contributed by atoms with Crippen molar-refractivity contribution in [2.45, 2.75) is 31.8 Å². The molecule has 8 nitrogen and oxygen atoms in total. The van der Waals surface area contributed by atoms with Gasteiger partial charge in [0.1, 0.15) is 5.69 Å². The second-order valence-corrected chi connectivity index (χ2v) is 9.72. The molecular weight excluding hydrogens is 436 g/mol. The Labute approximate surface area is 200 Å². The Hall–Kier alpha value is -2.49. The molecule has 1 atom stereocenters. The van der Waals surface area contributed by atoms with Crippen LogP contribution in [-0.2, 0) is 11.3 Å². The van der Waals surface area contributed by atoms with Crippen LogP contribution in [0.3, 0.4) is 0 Å². The number of amides is 2. The summed E-state index contributed by atoms with van der Waals surface area (Å²) >= 11 is 1.45. The topological polar surface area (TPSA) is 80.8 Å². The molecule has 33 heavy (non-hydrogen) atoms. The predicted octanol–water partition coefficient (Wildman–Crippen LogP) is 2.11. The lowest BCUT2D eigenvalue weighted by atomic mass is 10.1. The fraction of sp³-hybridized carbons (Fsp3) is 0.542. The smallest absolute Gasteiger partial charge is 0.273 e. The molecule has 0 saturated carbocycles. The minimum atomic E-state index is -0.0382. The van der Waals surface area contributed by atoms with Crippen molar-refractivity contribution in [2.24, 2.45) is 0 Å². The van der Waals surface area contributed by atoms with Gasteiger partial charge in [-0.1, -0.05) is 30.3 Å². The summed E-state index contributed by atoms with van der Waals surface area (Å²) in [6.07, 6.45) is 3.50. The molecule has 2 aliphatic rings. The van der Waals surface area contributed by atoms with Crippen LogP contribution in [0.5, 0.6) is 0 Å². The molecule has 1 aromatic carbocycles. The van der Waals surface area contributed by atoms with Crippen LogP contribution in [0.15, 0.2) is 35.7 Å². The van der Waals surface area contributed by atoms with Crippen molar-refractivity contribution in [3.05, 3.63) is 47.0 Å². The average molecular weight is 471 g/mol. The quantitative estimate of drug-likeness (QED) is 0.584. The van der Waals surface area contributed by atoms with Crippen LogP contribution < -0.4 is 10.6 Å². The van der Waals surface area contributed by atoms with Crippen molar-refractivity contribution < 1.29 is 9.59 Å². The van der Waals surface area contributed by atoms with E-state index in [0.29, 0.717) is 51.0 Å². The predicted molar refractivity (Wildman–Crippen MR) is 132 cm³/mol. The number of likely N-dealkylation sites (tertiary alicyclic amines) is 1. The zero-order valence-corrected chi connectivity index (χ0v) is 20.1. The van der Waals surface area contributed by atoms with Crippen molar-refractivity contribution in [1.29, 1.82) is 0 Å². The number of hydrogen-bond donors (Lipinski definition) is 2. The summed E-state index contributed by atoms with van der Waals surface area (Å²) in [4.78, 5) is 36.0. The first-order valence-corrected chi connectivity index (χ1v) is 12.7. The largest absolute Gasteiger partial charge is 0.357 e. The van der Waals surface area contributed by atoms with Crippen LogP contribution in [0.4, 0.5) is 5.13 Å². The number of aromatic nitrogens is 1. The molecule has 3 heterocycles. The normalized spacial score (nSPS) is 19.5. The van der Waals surface area contributed by atoms with Gasteiger partial charge < -0.3 is 20.4 Å². The van der Waals surface area contributed by atoms with Gasteiger partial charge in [-0.2, -0.15) is 0 Å². The molecule has 2 amide bonds. The summed E-state index contributed by atoms with van der Waals surface area (Å²) in [5.41, 5.74) is 1.66. The van der Waals surface area contributed by atoms with E-state index in [1.165, 1.54) is 29.7 Å². The van der Waals surface area contributed by atoms with E-state index in [2.05, 4.69) is 44.6 Å². The molecule has 2 saturated heterocycles. The Morgan fingerprint density at radius 2 is 1.91 bits per heavy atom. The van der Waals surface area contributed by atoms with Gasteiger partial charge in [0.15, 0.2) is 5.13 Å². The Morgan fingerprint density at radius 1 is 1.12 bits per heavy atom. The Kier molecular flexibility index (Phi) is 8.30. The third kappa shape index (κ3) is 6.75. The number of thiazole rings is 1. The second-order valence-electron chi connectivity index (χ2n) is 8.86. The maximum atomic E-state index is 12.9. The lowest BCUT2D eigenvalue weighted by molar-refractivity contribution is -0.122. The minimum absolute atomic E-state index is 0.0382. The summed E-state index contributed by atoms with van der Waals surface area (Å²) in [5.74, 6) is 0.0351. The number of anilines is 1. The summed E-state index contributed by atoms with van der Waals surface area (Å²) in [6.45, 7) is 5.60. The standard InChI is InChI=1S/C24H34N6O2S/c1-28-11-5-8-20(28)9-10-25-22(31)17-29-12-14-30(15-13-29)23(32)21-18-33-24(27-21)26-16-19-6-3-2-4-7-19/h2-4,6-7,18,20H,5,8-17H2,1H3,(H,25,31)(H,26,27). The lowest BCUT2D eigenvalue weighted by Gasteiger charge is -2.34. The number of hydrogen-bond acceptors (Lipinski definition) is 7. The first-order chi connectivity index (χ1) is 16.1. The van der Waals surface area contributed by atoms with Gasteiger partial charge in [0, 0.05) is 50.7 Å². The van der Waals surface area contributed by atoms with Gasteiger partial charge in [0.05, 0.1) is 6.54 Å². The molecule has 1 aromatic heterocycles. The minimum Gasteiger partial charge on any atom is -0.357 e. The molecule has 4 rings (SSSR count). The Bertz CT molecular complexity index is 913. The van der Waals surface area contributed by atoms with E-state index in [-0.39, 0.29) is 11.8 Å². The summed E-state index contributed by atoms with van der Waals surface area (Å²) in [5, 5.41) is 8.91. The van der Waals surface area contributed by atoms with E-state index in [1.54, 1.807) is 0 Å². The first kappa shape index (κ1) is 23.7. The van der Waals surface area contributed by atoms with Crippen molar-refractivity contribution in [3.8, 4) is 0 Å². The van der Waals surface area contributed by atoms with Gasteiger partial charge in [-0.3, -0.25) is 14.5 Å². The molecule has 0 radical (unpaired) electrons. The molecule has 178 valence electrons. The molecule has 2 aliphatic heterocycles. The zero-order chi connectivity index (χ0) is 23.0. The van der Waals surface area contributed by atoms with Gasteiger partial charge in [-0.15, -0.1) is 11.3 Å². The van der Waals surface area contributed by atoms with E-state index in [1.807, 2.05) is 28.5 Å². The van der Waals surface area contributed by atoms with E-state index in [9.17, 15) is 9.59 Å². The number of rotatable bonds is 9. The maximum absolute atomic E-state index is 12.9. The molecule has 0 bridgehead atoms. The van der Waals surface area contributed by atoms with Gasteiger partial charge in [0.2, 0.25) is 5.91 Å². The molecule has 0 spiro atoms. The Morgan fingerprint density at radius 3 is 2.64 bits per heavy atom. The van der Waals surface area contributed by atoms with Crippen LogP contribution in [0.2, 0.25) is 0 Å². The fourth-order valence-electron chi connectivity index (χ4n) is 4.48. The number of piperazine rings is 1. The van der Waals surface area contributed by atoms with E-state index in [0.717, 1.165) is 24.6 Å². The molecule has 2 aromatic rings. The van der Waals surface area contributed by atoms with Crippen LogP contribution in [0.1, 0.15) is 35.3 Å². The fourth-order valence-corrected chi connectivity index (χ4v) is 5.16. The van der Waals surface area contributed by atoms with Gasteiger partial charge >= 0.3 is 0 Å². The molecule has 9 heteroatoms. The number of carbonyl (C=O) groups is 2. The van der Waals surface area contributed by atoms with Crippen molar-refractivity contribution >= 4 is 28.3 Å². The van der Waals surface area contributed by atoms with Gasteiger partial charge in [-0.25, -0.2) is 4.98 Å². The average Bonchev–Trinajstić information content (AvgIpc) is 3.47. The summed E-state index contributed by atoms with van der Waals surface area (Å²) in [7, 11) is 2.16. The second kappa shape index (κ2) is 11.6. The number of carbonyl (C=O) groups excluding carboxylic acids is 2. The highest BCUT2D eigenvalue weighted by molar-refractivity contribution is 7.13. The van der Waals surface area contributed by atoms with E-state index in [4.69, 9.17) is 0 Å². The highest BCUT2D eigenvalue weighted by Crippen LogP contribution is 2.19. The maximum Gasteiger partial charge on any atom is 0.273 e. The van der Waals surface area contributed by atoms with Crippen LogP contribution in [0.25, 0.3) is 0 Å². The highest BCUT2D eigenvalue weighted by atomic mass is 32.1. The molecule has 0 aliphatic carbocycles. The highest BCUT2D eigenvalue weighted by Gasteiger charge is 2.25. The van der Waals surface area contributed by atoms with Crippen molar-refractivity contribution in [3.63, 3.8) is 0 Å². The lowest BCUT2D eigenvalue weighted by Crippen LogP contribution is -2.51. The van der Waals surface area contributed by atoms with Crippen LogP contribution >= 0.6 is 11.3 Å². The number of benzene rings is 1. The van der Waals surface area contributed by atoms with E-state index >= 15 is 0 Å². The van der Waals surface area contributed by atoms with Crippen LogP contribution in [-0.4, -0.2) is 90.4 Å². The first-order valence-electron chi connectivity index (χ1n) is 11.8. The van der Waals surface area contributed by atoms with Gasteiger partial charge in [-0.05, 0) is 38.4 Å². The van der Waals surface area contributed by atoms with Crippen molar-refractivity contribution in [1.82, 2.24) is 25.0 Å².